The number of methoxy groups -OCH3 is 3. The molecule has 0 aliphatic rings. The first kappa shape index (κ1) is 18.7. The average molecular weight is 390 g/mol. The summed E-state index contributed by atoms with van der Waals surface area (Å²) in [6.07, 6.45) is 0. The second kappa shape index (κ2) is 8.14. The van der Waals surface area contributed by atoms with E-state index in [1.165, 1.54) is 0 Å². The topological polar surface area (TPSA) is 65.8 Å². The molecular formula is C23H22N2O4. The molecule has 0 bridgehead atoms. The van der Waals surface area contributed by atoms with E-state index in [4.69, 9.17) is 18.6 Å². The number of benzene rings is 3. The van der Waals surface area contributed by atoms with Gasteiger partial charge >= 0.3 is 0 Å². The molecular weight excluding hydrogens is 368 g/mol. The van der Waals surface area contributed by atoms with Crippen LogP contribution in [-0.2, 0) is 6.54 Å². The molecule has 29 heavy (non-hydrogen) atoms. The highest BCUT2D eigenvalue weighted by molar-refractivity contribution is 5.83. The lowest BCUT2D eigenvalue weighted by Gasteiger charge is -2.10. The minimum absolute atomic E-state index is 0.454. The first-order valence-corrected chi connectivity index (χ1v) is 9.20. The van der Waals surface area contributed by atoms with Crippen molar-refractivity contribution >= 4 is 17.1 Å². The number of nitrogens with zero attached hydrogens (tertiary/aromatic N) is 1. The molecule has 0 fully saturated rings. The Morgan fingerprint density at radius 3 is 2.48 bits per heavy atom. The van der Waals surface area contributed by atoms with Crippen molar-refractivity contribution in [1.82, 2.24) is 4.98 Å². The molecule has 148 valence electrons. The van der Waals surface area contributed by atoms with Crippen molar-refractivity contribution in [2.75, 3.05) is 26.6 Å². The lowest BCUT2D eigenvalue weighted by molar-refractivity contribution is 0.391. The maximum atomic E-state index is 5.84. The van der Waals surface area contributed by atoms with Gasteiger partial charge in [-0.25, -0.2) is 0 Å². The van der Waals surface area contributed by atoms with Gasteiger partial charge in [-0.3, -0.25) is 0 Å². The highest BCUT2D eigenvalue weighted by atomic mass is 16.5. The number of nitrogens with one attached hydrogen (secondary N) is 1. The van der Waals surface area contributed by atoms with Gasteiger partial charge in [-0.15, -0.1) is 0 Å². The molecule has 4 rings (SSSR count). The number of oxazole rings is 1. The number of fused-ring (bicyclic) bond motifs is 1. The molecule has 1 heterocycles. The summed E-state index contributed by atoms with van der Waals surface area (Å²) in [7, 11) is 4.93. The number of aromatic nitrogens is 1. The van der Waals surface area contributed by atoms with Gasteiger partial charge < -0.3 is 23.9 Å². The molecule has 0 unspecified atom stereocenters. The zero-order valence-electron chi connectivity index (χ0n) is 16.6. The Morgan fingerprint density at radius 1 is 0.862 bits per heavy atom. The predicted octanol–water partition coefficient (Wildman–Crippen LogP) is 5.13. The van der Waals surface area contributed by atoms with Crippen molar-refractivity contribution in [1.29, 1.82) is 0 Å². The predicted molar refractivity (Wildman–Crippen MR) is 113 cm³/mol. The van der Waals surface area contributed by atoms with Crippen LogP contribution in [0.1, 0.15) is 5.56 Å². The summed E-state index contributed by atoms with van der Waals surface area (Å²) >= 11 is 0. The third-order valence-corrected chi connectivity index (χ3v) is 4.73. The molecule has 0 atom stereocenters. The Morgan fingerprint density at radius 2 is 1.69 bits per heavy atom. The zero-order valence-corrected chi connectivity index (χ0v) is 16.6. The maximum absolute atomic E-state index is 5.84. The van der Waals surface area contributed by atoms with Gasteiger partial charge in [-0.05, 0) is 35.9 Å². The van der Waals surface area contributed by atoms with Crippen molar-refractivity contribution in [3.8, 4) is 28.4 Å². The highest BCUT2D eigenvalue weighted by Crippen LogP contribution is 2.32. The summed E-state index contributed by atoms with van der Waals surface area (Å²) in [5.74, 6) is 2.31. The third-order valence-electron chi connectivity index (χ3n) is 4.73. The zero-order chi connectivity index (χ0) is 20.2. The van der Waals surface area contributed by atoms with E-state index in [0.29, 0.717) is 18.1 Å². The van der Waals surface area contributed by atoms with Gasteiger partial charge in [0.1, 0.15) is 22.8 Å². The molecule has 0 aliphatic carbocycles. The van der Waals surface area contributed by atoms with Gasteiger partial charge in [0.15, 0.2) is 5.58 Å². The lowest BCUT2D eigenvalue weighted by atomic mass is 10.0. The van der Waals surface area contributed by atoms with Crippen LogP contribution in [0.5, 0.6) is 17.2 Å². The largest absolute Gasteiger partial charge is 0.497 e. The van der Waals surface area contributed by atoms with E-state index in [1.54, 1.807) is 21.3 Å². The molecule has 0 saturated carbocycles. The van der Waals surface area contributed by atoms with E-state index < -0.39 is 0 Å². The van der Waals surface area contributed by atoms with Gasteiger partial charge in [0.05, 0.1) is 21.3 Å². The summed E-state index contributed by atoms with van der Waals surface area (Å²) in [6, 6.07) is 20.0. The molecule has 0 aliphatic heterocycles. The van der Waals surface area contributed by atoms with Gasteiger partial charge in [-0.1, -0.05) is 24.3 Å². The highest BCUT2D eigenvalue weighted by Gasteiger charge is 2.11. The minimum atomic E-state index is 0.454. The summed E-state index contributed by atoms with van der Waals surface area (Å²) in [4.78, 5) is 4.57. The van der Waals surface area contributed by atoms with Crippen molar-refractivity contribution in [3.63, 3.8) is 0 Å². The molecule has 0 radical (unpaired) electrons. The van der Waals surface area contributed by atoms with E-state index in [2.05, 4.69) is 10.3 Å². The molecule has 6 heteroatoms. The fourth-order valence-electron chi connectivity index (χ4n) is 3.22. The number of anilines is 1. The first-order valence-electron chi connectivity index (χ1n) is 9.20. The van der Waals surface area contributed by atoms with Crippen molar-refractivity contribution in [2.24, 2.45) is 0 Å². The molecule has 0 spiro atoms. The van der Waals surface area contributed by atoms with Crippen LogP contribution in [-0.4, -0.2) is 26.3 Å². The SMILES string of the molecule is COc1ccc(CNc2nc3cc(-c4ccccc4OC)ccc3o2)c(OC)c1. The van der Waals surface area contributed by atoms with E-state index in [-0.39, 0.29) is 0 Å². The number of hydrogen-bond donors (Lipinski definition) is 1. The van der Waals surface area contributed by atoms with Crippen LogP contribution in [0, 0.1) is 0 Å². The number of hydrogen-bond acceptors (Lipinski definition) is 6. The summed E-state index contributed by atoms with van der Waals surface area (Å²) in [6.45, 7) is 0.513. The number of ether oxygens (including phenoxy) is 3. The van der Waals surface area contributed by atoms with Crippen LogP contribution < -0.4 is 19.5 Å². The Kier molecular flexibility index (Phi) is 5.24. The standard InChI is InChI=1S/C23H22N2O4/c1-26-17-10-8-16(22(13-17)28-3)14-24-23-25-19-12-15(9-11-21(19)29-23)18-6-4-5-7-20(18)27-2/h4-13H,14H2,1-3H3,(H,24,25). The van der Waals surface area contributed by atoms with Crippen LogP contribution in [0.15, 0.2) is 65.1 Å². The van der Waals surface area contributed by atoms with E-state index >= 15 is 0 Å². The van der Waals surface area contributed by atoms with Gasteiger partial charge in [0.25, 0.3) is 6.01 Å². The Balaban J connectivity index is 1.57. The monoisotopic (exact) mass is 390 g/mol. The Bertz CT molecular complexity index is 1140. The van der Waals surface area contributed by atoms with Crippen LogP contribution >= 0.6 is 0 Å². The van der Waals surface area contributed by atoms with Crippen molar-refractivity contribution in [2.45, 2.75) is 6.54 Å². The Hall–Kier alpha value is -3.67. The maximum Gasteiger partial charge on any atom is 0.295 e. The molecule has 0 saturated heterocycles. The molecule has 0 amide bonds. The van der Waals surface area contributed by atoms with Gasteiger partial charge in [0, 0.05) is 23.7 Å². The molecule has 1 N–H and O–H groups in total. The minimum Gasteiger partial charge on any atom is -0.497 e. The van der Waals surface area contributed by atoms with Crippen molar-refractivity contribution < 1.29 is 18.6 Å². The van der Waals surface area contributed by atoms with Crippen molar-refractivity contribution in [3.05, 3.63) is 66.2 Å². The Labute approximate surface area is 169 Å². The quantitative estimate of drug-likeness (QED) is 0.472. The number of para-hydroxylation sites is 1. The third kappa shape index (κ3) is 3.82. The summed E-state index contributed by atoms with van der Waals surface area (Å²) in [5.41, 5.74) is 4.50. The lowest BCUT2D eigenvalue weighted by Crippen LogP contribution is -2.02. The number of rotatable bonds is 7. The van der Waals surface area contributed by atoms with Crippen LogP contribution in [0.3, 0.4) is 0 Å². The second-order valence-corrected chi connectivity index (χ2v) is 6.43. The van der Waals surface area contributed by atoms with Gasteiger partial charge in [-0.2, -0.15) is 4.98 Å². The average Bonchev–Trinajstić information content (AvgIpc) is 3.19. The van der Waals surface area contributed by atoms with Gasteiger partial charge in [0.2, 0.25) is 0 Å². The smallest absolute Gasteiger partial charge is 0.295 e. The summed E-state index contributed by atoms with van der Waals surface area (Å²) in [5, 5.41) is 3.22. The second-order valence-electron chi connectivity index (χ2n) is 6.43. The fourth-order valence-corrected chi connectivity index (χ4v) is 3.22. The van der Waals surface area contributed by atoms with E-state index in [1.807, 2.05) is 60.7 Å². The molecule has 6 nitrogen and oxygen atoms in total. The normalized spacial score (nSPS) is 10.7. The van der Waals surface area contributed by atoms with Crippen LogP contribution in [0.4, 0.5) is 6.01 Å². The fraction of sp³-hybridized carbons (Fsp3) is 0.174. The summed E-state index contributed by atoms with van der Waals surface area (Å²) < 4.78 is 22.0. The molecule has 3 aromatic carbocycles. The molecule has 4 aromatic rings. The first-order chi connectivity index (χ1) is 14.2. The van der Waals surface area contributed by atoms with E-state index in [0.717, 1.165) is 39.5 Å². The van der Waals surface area contributed by atoms with E-state index in [9.17, 15) is 0 Å². The molecule has 1 aromatic heterocycles. The van der Waals surface area contributed by atoms with Crippen LogP contribution in [0.25, 0.3) is 22.2 Å². The van der Waals surface area contributed by atoms with Crippen LogP contribution in [0.2, 0.25) is 0 Å².